The predicted octanol–water partition coefficient (Wildman–Crippen LogP) is 2.91. The Morgan fingerprint density at radius 1 is 1.50 bits per heavy atom. The van der Waals surface area contributed by atoms with Gasteiger partial charge in [-0.2, -0.15) is 0 Å². The summed E-state index contributed by atoms with van der Waals surface area (Å²) >= 11 is 0. The fourth-order valence-corrected chi connectivity index (χ4v) is 0.875. The summed E-state index contributed by atoms with van der Waals surface area (Å²) in [5.74, 6) is 0.562. The molecular formula is C12H17NO. The number of nitrogens with zero attached hydrogens (tertiary/aromatic N) is 1. The highest BCUT2D eigenvalue weighted by Crippen LogP contribution is 2.01. The minimum atomic E-state index is 0.487. The van der Waals surface area contributed by atoms with E-state index in [9.17, 15) is 0 Å². The topological polar surface area (TPSA) is 21.6 Å². The average molecular weight is 191 g/mol. The van der Waals surface area contributed by atoms with E-state index < -0.39 is 0 Å². The van der Waals surface area contributed by atoms with Crippen LogP contribution in [0.1, 0.15) is 6.92 Å². The zero-order valence-electron chi connectivity index (χ0n) is 8.86. The van der Waals surface area contributed by atoms with Crippen LogP contribution >= 0.6 is 0 Å². The third-order valence-corrected chi connectivity index (χ3v) is 1.41. The second kappa shape index (κ2) is 8.05. The molecule has 0 saturated carbocycles. The molecule has 0 saturated heterocycles. The van der Waals surface area contributed by atoms with Crippen molar-refractivity contribution in [2.45, 2.75) is 6.92 Å². The van der Waals surface area contributed by atoms with E-state index >= 15 is 0 Å². The number of hydrogen-bond acceptors (Lipinski definition) is 2. The lowest BCUT2D eigenvalue weighted by Crippen LogP contribution is -1.97. The first-order valence-corrected chi connectivity index (χ1v) is 4.42. The van der Waals surface area contributed by atoms with Gasteiger partial charge in [-0.25, -0.2) is 0 Å². The van der Waals surface area contributed by atoms with Crippen molar-refractivity contribution in [1.82, 2.24) is 0 Å². The monoisotopic (exact) mass is 191 g/mol. The van der Waals surface area contributed by atoms with Gasteiger partial charge in [0.2, 0.25) is 0 Å². The molecule has 0 aromatic heterocycles. The Hall–Kier alpha value is -1.57. The lowest BCUT2D eigenvalue weighted by Gasteiger charge is -2.05. The standard InChI is InChI=1S/C12H17NO/c1-5-7-12(8-6-2)10-14-11(3)9-13-4/h5-9H,1,3,10H2,2,4H3/b8-6-,12-7+,13-9?. The fourth-order valence-electron chi connectivity index (χ4n) is 0.875. The summed E-state index contributed by atoms with van der Waals surface area (Å²) in [7, 11) is 1.68. The Morgan fingerprint density at radius 2 is 2.21 bits per heavy atom. The Labute approximate surface area is 86.0 Å². The zero-order chi connectivity index (χ0) is 10.8. The Morgan fingerprint density at radius 3 is 2.71 bits per heavy atom. The van der Waals surface area contributed by atoms with Crippen molar-refractivity contribution in [3.63, 3.8) is 0 Å². The van der Waals surface area contributed by atoms with E-state index in [0.717, 1.165) is 5.57 Å². The number of ether oxygens (including phenoxy) is 1. The summed E-state index contributed by atoms with van der Waals surface area (Å²) < 4.78 is 5.34. The normalized spacial score (nSPS) is 12.3. The molecule has 2 heteroatoms. The molecule has 0 rings (SSSR count). The molecule has 76 valence electrons. The van der Waals surface area contributed by atoms with E-state index in [0.29, 0.717) is 12.4 Å². The maximum absolute atomic E-state index is 5.34. The number of allylic oxidation sites excluding steroid dienone is 4. The molecule has 0 heterocycles. The maximum atomic E-state index is 5.34. The van der Waals surface area contributed by atoms with E-state index in [1.807, 2.05) is 25.2 Å². The van der Waals surface area contributed by atoms with Gasteiger partial charge in [-0.1, -0.05) is 37.5 Å². The van der Waals surface area contributed by atoms with Crippen LogP contribution in [0, 0.1) is 0 Å². The number of rotatable bonds is 6. The molecule has 2 nitrogen and oxygen atoms in total. The van der Waals surface area contributed by atoms with Crippen LogP contribution in [0.3, 0.4) is 0 Å². The highest BCUT2D eigenvalue weighted by Gasteiger charge is 1.93. The van der Waals surface area contributed by atoms with E-state index in [2.05, 4.69) is 18.2 Å². The molecule has 0 aromatic rings. The van der Waals surface area contributed by atoms with Gasteiger partial charge in [-0.15, -0.1) is 0 Å². The van der Waals surface area contributed by atoms with Crippen LogP contribution in [0.25, 0.3) is 0 Å². The molecule has 0 fully saturated rings. The minimum absolute atomic E-state index is 0.487. The van der Waals surface area contributed by atoms with Crippen molar-refractivity contribution in [2.24, 2.45) is 4.99 Å². The van der Waals surface area contributed by atoms with Crippen LogP contribution in [0.2, 0.25) is 0 Å². The smallest absolute Gasteiger partial charge is 0.130 e. The summed E-state index contributed by atoms with van der Waals surface area (Å²) in [6.07, 6.45) is 9.14. The first-order valence-electron chi connectivity index (χ1n) is 4.42. The Bertz CT molecular complexity index is 272. The molecule has 0 atom stereocenters. The zero-order valence-corrected chi connectivity index (χ0v) is 8.86. The first kappa shape index (κ1) is 12.4. The fraction of sp³-hybridized carbons (Fsp3) is 0.250. The molecule has 0 N–H and O–H groups in total. The first-order chi connectivity index (χ1) is 6.74. The molecule has 0 aromatic carbocycles. The summed E-state index contributed by atoms with van der Waals surface area (Å²) in [4.78, 5) is 3.80. The van der Waals surface area contributed by atoms with E-state index in [-0.39, 0.29) is 0 Å². The van der Waals surface area contributed by atoms with Crippen molar-refractivity contribution in [3.05, 3.63) is 48.8 Å². The van der Waals surface area contributed by atoms with Crippen molar-refractivity contribution >= 4 is 6.21 Å². The third-order valence-electron chi connectivity index (χ3n) is 1.41. The summed E-state index contributed by atoms with van der Waals surface area (Å²) in [6.45, 7) is 9.76. The van der Waals surface area contributed by atoms with Crippen molar-refractivity contribution < 1.29 is 4.74 Å². The molecule has 0 amide bonds. The van der Waals surface area contributed by atoms with Crippen LogP contribution < -0.4 is 0 Å². The van der Waals surface area contributed by atoms with Crippen LogP contribution in [-0.4, -0.2) is 19.9 Å². The average Bonchev–Trinajstić information content (AvgIpc) is 2.15. The second-order valence-corrected chi connectivity index (χ2v) is 2.62. The van der Waals surface area contributed by atoms with Gasteiger partial charge in [-0.3, -0.25) is 4.99 Å². The van der Waals surface area contributed by atoms with E-state index in [1.54, 1.807) is 19.3 Å². The van der Waals surface area contributed by atoms with Crippen molar-refractivity contribution in [1.29, 1.82) is 0 Å². The van der Waals surface area contributed by atoms with Crippen LogP contribution in [-0.2, 0) is 4.74 Å². The summed E-state index contributed by atoms with van der Waals surface area (Å²) in [5.41, 5.74) is 1.05. The van der Waals surface area contributed by atoms with Crippen LogP contribution in [0.15, 0.2) is 53.8 Å². The molecule has 0 aliphatic rings. The minimum Gasteiger partial charge on any atom is -0.488 e. The highest BCUT2D eigenvalue weighted by atomic mass is 16.5. The van der Waals surface area contributed by atoms with Gasteiger partial charge in [0, 0.05) is 7.05 Å². The Balaban J connectivity index is 4.13. The summed E-state index contributed by atoms with van der Waals surface area (Å²) in [6, 6.07) is 0. The van der Waals surface area contributed by atoms with Gasteiger partial charge < -0.3 is 4.74 Å². The van der Waals surface area contributed by atoms with E-state index in [4.69, 9.17) is 4.74 Å². The van der Waals surface area contributed by atoms with Crippen LogP contribution in [0.4, 0.5) is 0 Å². The van der Waals surface area contributed by atoms with Crippen molar-refractivity contribution in [2.75, 3.05) is 13.7 Å². The quantitative estimate of drug-likeness (QED) is 0.359. The lowest BCUT2D eigenvalue weighted by atomic mass is 10.2. The molecule has 0 spiro atoms. The molecule has 0 bridgehead atoms. The Kier molecular flexibility index (Phi) is 7.15. The summed E-state index contributed by atoms with van der Waals surface area (Å²) in [5, 5.41) is 0. The van der Waals surface area contributed by atoms with Gasteiger partial charge in [0.05, 0.1) is 6.21 Å². The molecule has 0 unspecified atom stereocenters. The molecule has 14 heavy (non-hydrogen) atoms. The van der Waals surface area contributed by atoms with Crippen molar-refractivity contribution in [3.8, 4) is 0 Å². The van der Waals surface area contributed by atoms with Gasteiger partial charge in [0.25, 0.3) is 0 Å². The maximum Gasteiger partial charge on any atom is 0.130 e. The predicted molar refractivity (Wildman–Crippen MR) is 62.6 cm³/mol. The van der Waals surface area contributed by atoms with Gasteiger partial charge in [-0.05, 0) is 12.5 Å². The molecule has 0 radical (unpaired) electrons. The molecular weight excluding hydrogens is 174 g/mol. The third kappa shape index (κ3) is 6.00. The van der Waals surface area contributed by atoms with Crippen LogP contribution in [0.5, 0.6) is 0 Å². The number of hydrogen-bond donors (Lipinski definition) is 0. The van der Waals surface area contributed by atoms with Gasteiger partial charge in [0.1, 0.15) is 12.4 Å². The van der Waals surface area contributed by atoms with Gasteiger partial charge >= 0.3 is 0 Å². The highest BCUT2D eigenvalue weighted by molar-refractivity contribution is 5.74. The second-order valence-electron chi connectivity index (χ2n) is 2.62. The largest absolute Gasteiger partial charge is 0.488 e. The SMILES string of the molecule is C=C/C=C(\C=C/C)COC(=C)C=NC. The molecule has 0 aliphatic heterocycles. The lowest BCUT2D eigenvalue weighted by molar-refractivity contribution is 0.266. The number of aliphatic imine (C=N–C) groups is 1. The molecule has 0 aliphatic carbocycles. The van der Waals surface area contributed by atoms with E-state index in [1.165, 1.54) is 0 Å². The van der Waals surface area contributed by atoms with Gasteiger partial charge in [0.15, 0.2) is 0 Å².